The Morgan fingerprint density at radius 1 is 1.11 bits per heavy atom. The molecule has 1 aliphatic rings. The van der Waals surface area contributed by atoms with E-state index in [4.69, 9.17) is 28.9 Å². The summed E-state index contributed by atoms with van der Waals surface area (Å²) in [7, 11) is 0. The molecule has 1 unspecified atom stereocenters. The van der Waals surface area contributed by atoms with Crippen LogP contribution in [0.25, 0.3) is 0 Å². The topological polar surface area (TPSA) is 29.3 Å². The highest BCUT2D eigenvalue weighted by Crippen LogP contribution is 2.36. The minimum atomic E-state index is 0.261. The molecule has 0 bridgehead atoms. The Morgan fingerprint density at radius 2 is 1.72 bits per heavy atom. The molecule has 0 spiro atoms. The van der Waals surface area contributed by atoms with Crippen LogP contribution >= 0.6 is 23.2 Å². The van der Waals surface area contributed by atoms with Crippen LogP contribution in [0.5, 0.6) is 0 Å². The van der Waals surface area contributed by atoms with E-state index in [1.54, 1.807) is 0 Å². The van der Waals surface area contributed by atoms with Gasteiger partial charge < -0.3 is 5.73 Å². The quantitative estimate of drug-likeness (QED) is 0.911. The Bertz CT molecular complexity index is 369. The Balaban J connectivity index is 2.28. The fourth-order valence-electron chi connectivity index (χ4n) is 2.73. The first-order valence-electron chi connectivity index (χ1n) is 6.62. The molecule has 0 radical (unpaired) electrons. The molecule has 0 aliphatic carbocycles. The Kier molecular flexibility index (Phi) is 5.31. The van der Waals surface area contributed by atoms with Crippen LogP contribution in [-0.2, 0) is 0 Å². The molecule has 0 aromatic heterocycles. The maximum absolute atomic E-state index is 6.33. The SMILES string of the molecule is NCCC(c1c(Cl)cccc1Cl)N1CCCCC1. The van der Waals surface area contributed by atoms with Crippen molar-refractivity contribution in [2.24, 2.45) is 5.73 Å². The van der Waals surface area contributed by atoms with Gasteiger partial charge in [-0.15, -0.1) is 0 Å². The van der Waals surface area contributed by atoms with Gasteiger partial charge in [0.25, 0.3) is 0 Å². The van der Waals surface area contributed by atoms with Gasteiger partial charge in [0.2, 0.25) is 0 Å². The third-order valence-electron chi connectivity index (χ3n) is 3.60. The highest BCUT2D eigenvalue weighted by molar-refractivity contribution is 6.36. The van der Waals surface area contributed by atoms with Gasteiger partial charge in [-0.05, 0) is 51.0 Å². The predicted octanol–water partition coefficient (Wildman–Crippen LogP) is 3.87. The molecular weight excluding hydrogens is 267 g/mol. The summed E-state index contributed by atoms with van der Waals surface area (Å²) in [6.07, 6.45) is 4.73. The van der Waals surface area contributed by atoms with E-state index >= 15 is 0 Å². The first-order valence-corrected chi connectivity index (χ1v) is 7.37. The van der Waals surface area contributed by atoms with Crippen LogP contribution in [0.1, 0.15) is 37.3 Å². The zero-order chi connectivity index (χ0) is 13.0. The lowest BCUT2D eigenvalue weighted by molar-refractivity contribution is 0.157. The molecule has 0 saturated carbocycles. The minimum absolute atomic E-state index is 0.261. The minimum Gasteiger partial charge on any atom is -0.330 e. The molecule has 4 heteroatoms. The number of hydrogen-bond donors (Lipinski definition) is 1. The fraction of sp³-hybridized carbons (Fsp3) is 0.571. The molecule has 0 amide bonds. The van der Waals surface area contributed by atoms with Gasteiger partial charge in [-0.2, -0.15) is 0 Å². The lowest BCUT2D eigenvalue weighted by Crippen LogP contribution is -2.35. The van der Waals surface area contributed by atoms with Crippen LogP contribution in [0.2, 0.25) is 10.0 Å². The van der Waals surface area contributed by atoms with Crippen LogP contribution in [-0.4, -0.2) is 24.5 Å². The molecular formula is C14H20Cl2N2. The molecule has 1 heterocycles. The summed E-state index contributed by atoms with van der Waals surface area (Å²) < 4.78 is 0. The monoisotopic (exact) mass is 286 g/mol. The van der Waals surface area contributed by atoms with Crippen molar-refractivity contribution in [1.82, 2.24) is 4.90 Å². The second-order valence-corrected chi connectivity index (χ2v) is 5.64. The summed E-state index contributed by atoms with van der Waals surface area (Å²) in [4.78, 5) is 2.48. The smallest absolute Gasteiger partial charge is 0.0468 e. The van der Waals surface area contributed by atoms with Gasteiger partial charge in [0, 0.05) is 21.7 Å². The Hall–Kier alpha value is -0.280. The second kappa shape index (κ2) is 6.76. The maximum atomic E-state index is 6.33. The summed E-state index contributed by atoms with van der Waals surface area (Å²) in [5.74, 6) is 0. The van der Waals surface area contributed by atoms with Crippen molar-refractivity contribution in [3.05, 3.63) is 33.8 Å². The number of halogens is 2. The summed E-state index contributed by atoms with van der Waals surface area (Å²) in [6, 6.07) is 5.98. The van der Waals surface area contributed by atoms with E-state index in [1.807, 2.05) is 18.2 Å². The molecule has 1 fully saturated rings. The van der Waals surface area contributed by atoms with Gasteiger partial charge in [0.1, 0.15) is 0 Å². The van der Waals surface area contributed by atoms with Crippen molar-refractivity contribution < 1.29 is 0 Å². The normalized spacial score (nSPS) is 18.8. The predicted molar refractivity (Wildman–Crippen MR) is 78.3 cm³/mol. The van der Waals surface area contributed by atoms with Gasteiger partial charge in [-0.25, -0.2) is 0 Å². The molecule has 1 aromatic carbocycles. The van der Waals surface area contributed by atoms with E-state index in [0.29, 0.717) is 6.54 Å². The van der Waals surface area contributed by atoms with E-state index in [-0.39, 0.29) is 6.04 Å². The van der Waals surface area contributed by atoms with Crippen molar-refractivity contribution in [2.45, 2.75) is 31.7 Å². The van der Waals surface area contributed by atoms with Crippen molar-refractivity contribution in [2.75, 3.05) is 19.6 Å². The van der Waals surface area contributed by atoms with Gasteiger partial charge >= 0.3 is 0 Å². The van der Waals surface area contributed by atoms with E-state index in [9.17, 15) is 0 Å². The van der Waals surface area contributed by atoms with E-state index in [2.05, 4.69) is 4.90 Å². The number of rotatable bonds is 4. The van der Waals surface area contributed by atoms with E-state index < -0.39 is 0 Å². The first-order chi connectivity index (χ1) is 8.74. The summed E-state index contributed by atoms with van der Waals surface area (Å²) in [6.45, 7) is 2.89. The number of nitrogens with zero attached hydrogens (tertiary/aromatic N) is 1. The molecule has 1 aliphatic heterocycles. The molecule has 18 heavy (non-hydrogen) atoms. The second-order valence-electron chi connectivity index (χ2n) is 4.83. The fourth-order valence-corrected chi connectivity index (χ4v) is 3.38. The first kappa shape index (κ1) is 14.1. The molecule has 100 valence electrons. The lowest BCUT2D eigenvalue weighted by Gasteiger charge is -2.35. The van der Waals surface area contributed by atoms with Crippen molar-refractivity contribution >= 4 is 23.2 Å². The highest BCUT2D eigenvalue weighted by atomic mass is 35.5. The van der Waals surface area contributed by atoms with Crippen LogP contribution in [0.4, 0.5) is 0 Å². The number of nitrogens with two attached hydrogens (primary N) is 1. The van der Waals surface area contributed by atoms with Crippen LogP contribution < -0.4 is 5.73 Å². The average Bonchev–Trinajstić information content (AvgIpc) is 2.38. The third-order valence-corrected chi connectivity index (χ3v) is 4.26. The Morgan fingerprint density at radius 3 is 2.28 bits per heavy atom. The van der Waals surface area contributed by atoms with Crippen LogP contribution in [0.3, 0.4) is 0 Å². The van der Waals surface area contributed by atoms with Gasteiger partial charge in [-0.3, -0.25) is 4.90 Å². The maximum Gasteiger partial charge on any atom is 0.0468 e. The molecule has 2 rings (SSSR count). The van der Waals surface area contributed by atoms with Gasteiger partial charge in [-0.1, -0.05) is 35.7 Å². The molecule has 2 N–H and O–H groups in total. The highest BCUT2D eigenvalue weighted by Gasteiger charge is 2.25. The van der Waals surface area contributed by atoms with E-state index in [1.165, 1.54) is 19.3 Å². The summed E-state index contributed by atoms with van der Waals surface area (Å²) >= 11 is 12.7. The van der Waals surface area contributed by atoms with Crippen molar-refractivity contribution in [1.29, 1.82) is 0 Å². The zero-order valence-electron chi connectivity index (χ0n) is 10.5. The Labute approximate surface area is 119 Å². The zero-order valence-corrected chi connectivity index (χ0v) is 12.1. The van der Waals surface area contributed by atoms with Crippen molar-refractivity contribution in [3.63, 3.8) is 0 Å². The number of likely N-dealkylation sites (tertiary alicyclic amines) is 1. The third kappa shape index (κ3) is 3.18. The van der Waals surface area contributed by atoms with E-state index in [0.717, 1.165) is 35.1 Å². The largest absolute Gasteiger partial charge is 0.330 e. The summed E-state index contributed by atoms with van der Waals surface area (Å²) in [5.41, 5.74) is 6.81. The number of piperidine rings is 1. The van der Waals surface area contributed by atoms with Gasteiger partial charge in [0.15, 0.2) is 0 Å². The van der Waals surface area contributed by atoms with Crippen LogP contribution in [0, 0.1) is 0 Å². The number of benzene rings is 1. The molecule has 2 nitrogen and oxygen atoms in total. The number of hydrogen-bond acceptors (Lipinski definition) is 2. The van der Waals surface area contributed by atoms with Gasteiger partial charge in [0.05, 0.1) is 0 Å². The van der Waals surface area contributed by atoms with Crippen LogP contribution in [0.15, 0.2) is 18.2 Å². The average molecular weight is 287 g/mol. The standard InChI is InChI=1S/C14H20Cl2N2/c15-11-5-4-6-12(16)14(11)13(7-8-17)18-9-2-1-3-10-18/h4-6,13H,1-3,7-10,17H2. The molecule has 1 aromatic rings. The molecule has 1 atom stereocenters. The summed E-state index contributed by atoms with van der Waals surface area (Å²) in [5, 5.41) is 1.51. The van der Waals surface area contributed by atoms with Crippen molar-refractivity contribution in [3.8, 4) is 0 Å². The molecule has 1 saturated heterocycles. The lowest BCUT2D eigenvalue weighted by atomic mass is 9.99.